The smallest absolute Gasteiger partial charge is 0.178 e. The summed E-state index contributed by atoms with van der Waals surface area (Å²) in [7, 11) is 0. The van der Waals surface area contributed by atoms with Crippen molar-refractivity contribution in [3.05, 3.63) is 87.6 Å². The molecule has 0 bridgehead atoms. The van der Waals surface area contributed by atoms with Gasteiger partial charge in [0.25, 0.3) is 0 Å². The summed E-state index contributed by atoms with van der Waals surface area (Å²) in [4.78, 5) is 1.52. The van der Waals surface area contributed by atoms with Crippen LogP contribution in [0.5, 0.6) is 0 Å². The second kappa shape index (κ2) is 12.3. The Bertz CT molecular complexity index is 2640. The molecular formula is C32H8F4N4S7. The van der Waals surface area contributed by atoms with Gasteiger partial charge >= 0.3 is 0 Å². The molecule has 0 radical (unpaired) electrons. The summed E-state index contributed by atoms with van der Waals surface area (Å²) in [6.07, 6.45) is 2.97. The summed E-state index contributed by atoms with van der Waals surface area (Å²) in [5.41, 5.74) is -0.111. The van der Waals surface area contributed by atoms with Gasteiger partial charge in [0, 0.05) is 28.2 Å². The Kier molecular flexibility index (Phi) is 8.17. The molecule has 0 saturated heterocycles. The van der Waals surface area contributed by atoms with Crippen LogP contribution in [0.4, 0.5) is 17.6 Å². The van der Waals surface area contributed by atoms with Crippen molar-refractivity contribution < 1.29 is 17.6 Å². The third kappa shape index (κ3) is 5.42. The van der Waals surface area contributed by atoms with E-state index in [9.17, 15) is 0 Å². The fourth-order valence-corrected chi connectivity index (χ4v) is 12.7. The Labute approximate surface area is 289 Å². The SMILES string of the molecule is N#CC(C#N)=c1cc/c(=C/c2sc(-c3cc4sc5cc(-c6sc(/C=c7\ccc(=C(C#N)C#N)s7)c(F)c6F)sc5c4s3)c(F)c2F)s1. The quantitative estimate of drug-likeness (QED) is 0.169. The summed E-state index contributed by atoms with van der Waals surface area (Å²) in [5.74, 6) is -3.91. The van der Waals surface area contributed by atoms with E-state index in [0.717, 1.165) is 64.1 Å². The monoisotopic (exact) mass is 748 g/mol. The van der Waals surface area contributed by atoms with E-state index in [0.29, 0.717) is 27.9 Å². The molecule has 4 nitrogen and oxygen atoms in total. The first-order valence-corrected chi connectivity index (χ1v) is 18.6. The number of fused-ring (bicyclic) bond motifs is 3. The van der Waals surface area contributed by atoms with Crippen LogP contribution < -0.4 is 18.1 Å². The van der Waals surface area contributed by atoms with Crippen molar-refractivity contribution in [2.75, 3.05) is 0 Å². The van der Waals surface area contributed by atoms with Gasteiger partial charge in [-0.05, 0) is 48.6 Å². The first kappa shape index (κ1) is 31.2. The molecule has 0 amide bonds. The minimum absolute atomic E-state index is 0.0554. The molecule has 0 atom stereocenters. The predicted octanol–water partition coefficient (Wildman–Crippen LogP) is 8.37. The molecule has 7 aromatic heterocycles. The standard InChI is InChI=1S/C32H8F4N4S7/c33-25-19(5-15-1-3-17(41-15)13(9-37)10-38)44-29(27(25)35)21-7-23-31(46-21)32-24(43-23)8-22(47-32)30-28(36)26(34)20(45-30)6-16-2-4-18(42-16)14(11-39)12-40/h1-8H/b15-5-,16-6+. The fraction of sp³-hybridized carbons (Fsp3) is 0. The van der Waals surface area contributed by atoms with E-state index < -0.39 is 23.3 Å². The van der Waals surface area contributed by atoms with Crippen molar-refractivity contribution in [3.63, 3.8) is 0 Å². The lowest BCUT2D eigenvalue weighted by Crippen LogP contribution is -1.97. The molecule has 0 aliphatic carbocycles. The van der Waals surface area contributed by atoms with E-state index in [1.807, 2.05) is 24.3 Å². The number of thiophene rings is 7. The Morgan fingerprint density at radius 3 is 1.30 bits per heavy atom. The van der Waals surface area contributed by atoms with E-state index in [2.05, 4.69) is 0 Å². The molecule has 0 saturated carbocycles. The van der Waals surface area contributed by atoms with Gasteiger partial charge in [-0.3, -0.25) is 0 Å². The van der Waals surface area contributed by atoms with Gasteiger partial charge in [-0.1, -0.05) is 0 Å². The van der Waals surface area contributed by atoms with Crippen molar-refractivity contribution in [3.8, 4) is 43.8 Å². The lowest BCUT2D eigenvalue weighted by Gasteiger charge is -1.90. The molecule has 7 aromatic rings. The normalized spacial score (nSPS) is 12.0. The van der Waals surface area contributed by atoms with Crippen molar-refractivity contribution in [2.24, 2.45) is 0 Å². The van der Waals surface area contributed by atoms with Crippen LogP contribution in [0.25, 0.3) is 61.6 Å². The molecule has 0 aliphatic rings. The average Bonchev–Trinajstić information content (AvgIpc) is 3.92. The summed E-state index contributed by atoms with van der Waals surface area (Å²) in [6.45, 7) is 0. The van der Waals surface area contributed by atoms with Crippen LogP contribution >= 0.6 is 79.4 Å². The zero-order chi connectivity index (χ0) is 33.0. The molecule has 47 heavy (non-hydrogen) atoms. The predicted molar refractivity (Wildman–Crippen MR) is 185 cm³/mol. The van der Waals surface area contributed by atoms with Crippen LogP contribution in [0.2, 0.25) is 0 Å². The first-order valence-electron chi connectivity index (χ1n) is 12.9. The lowest BCUT2D eigenvalue weighted by atomic mass is 10.3. The highest BCUT2D eigenvalue weighted by Crippen LogP contribution is 2.51. The minimum Gasteiger partial charge on any atom is -0.202 e. The lowest BCUT2D eigenvalue weighted by molar-refractivity contribution is 0.517. The minimum atomic E-state index is -0.986. The summed E-state index contributed by atoms with van der Waals surface area (Å²) < 4.78 is 65.8. The highest BCUT2D eigenvalue weighted by molar-refractivity contribution is 7.41. The van der Waals surface area contributed by atoms with Crippen molar-refractivity contribution in [1.82, 2.24) is 0 Å². The molecule has 0 aromatic carbocycles. The second-order valence-electron chi connectivity index (χ2n) is 9.45. The fourth-order valence-electron chi connectivity index (χ4n) is 4.53. The number of hydrogen-bond acceptors (Lipinski definition) is 11. The third-order valence-corrected chi connectivity index (χ3v) is 15.1. The molecular weight excluding hydrogens is 741 g/mol. The number of rotatable bonds is 4. The zero-order valence-corrected chi connectivity index (χ0v) is 28.5. The van der Waals surface area contributed by atoms with Crippen molar-refractivity contribution in [1.29, 1.82) is 21.0 Å². The maximum atomic E-state index is 15.2. The van der Waals surface area contributed by atoms with Crippen LogP contribution in [0, 0.1) is 68.6 Å². The topological polar surface area (TPSA) is 95.2 Å². The van der Waals surface area contributed by atoms with Crippen LogP contribution in [-0.2, 0) is 0 Å². The Balaban J connectivity index is 1.25. The Morgan fingerprint density at radius 2 is 0.915 bits per heavy atom. The highest BCUT2D eigenvalue weighted by atomic mass is 32.1. The summed E-state index contributed by atoms with van der Waals surface area (Å²) in [5, 5.41) is 36.4. The van der Waals surface area contributed by atoms with Crippen molar-refractivity contribution >= 4 is 121 Å². The van der Waals surface area contributed by atoms with Gasteiger partial charge < -0.3 is 0 Å². The summed E-state index contributed by atoms with van der Waals surface area (Å²) >= 11 is 8.20. The third-order valence-electron chi connectivity index (χ3n) is 6.65. The van der Waals surface area contributed by atoms with Crippen LogP contribution in [-0.4, -0.2) is 0 Å². The van der Waals surface area contributed by atoms with Crippen LogP contribution in [0.15, 0.2) is 36.4 Å². The molecule has 0 unspecified atom stereocenters. The number of nitriles is 4. The zero-order valence-electron chi connectivity index (χ0n) is 22.8. The largest absolute Gasteiger partial charge is 0.202 e. The maximum Gasteiger partial charge on any atom is 0.178 e. The molecule has 15 heteroatoms. The van der Waals surface area contributed by atoms with Crippen molar-refractivity contribution in [2.45, 2.75) is 0 Å². The second-order valence-corrected chi connectivity index (χ2v) is 17.0. The van der Waals surface area contributed by atoms with E-state index >= 15 is 17.6 Å². The summed E-state index contributed by atoms with van der Waals surface area (Å²) in [6, 6.07) is 17.3. The molecule has 226 valence electrons. The van der Waals surface area contributed by atoms with E-state index in [-0.39, 0.29) is 30.7 Å². The van der Waals surface area contributed by atoms with Gasteiger partial charge in [0.15, 0.2) is 23.3 Å². The molecule has 0 fully saturated rings. The van der Waals surface area contributed by atoms with Gasteiger partial charge in [0.1, 0.15) is 35.4 Å². The van der Waals surface area contributed by atoms with Gasteiger partial charge in [-0.2, -0.15) is 21.0 Å². The van der Waals surface area contributed by atoms with Crippen LogP contribution in [0.3, 0.4) is 0 Å². The average molecular weight is 749 g/mol. The number of halogens is 4. The molecule has 0 N–H and O–H groups in total. The van der Waals surface area contributed by atoms with Gasteiger partial charge in [-0.15, -0.1) is 79.4 Å². The highest BCUT2D eigenvalue weighted by Gasteiger charge is 2.24. The van der Waals surface area contributed by atoms with E-state index in [4.69, 9.17) is 21.0 Å². The van der Waals surface area contributed by atoms with Gasteiger partial charge in [0.05, 0.1) is 38.0 Å². The molecule has 0 aliphatic heterocycles. The molecule has 0 spiro atoms. The van der Waals surface area contributed by atoms with E-state index in [1.54, 1.807) is 36.4 Å². The van der Waals surface area contributed by atoms with E-state index in [1.165, 1.54) is 46.2 Å². The molecule has 7 heterocycles. The van der Waals surface area contributed by atoms with Crippen LogP contribution in [0.1, 0.15) is 9.75 Å². The number of nitrogens with zero attached hydrogens (tertiary/aromatic N) is 4. The molecule has 7 rings (SSSR count). The number of hydrogen-bond donors (Lipinski definition) is 0. The van der Waals surface area contributed by atoms with Gasteiger partial charge in [-0.25, -0.2) is 17.6 Å². The Hall–Kier alpha value is -4.42. The maximum absolute atomic E-state index is 15.2. The Morgan fingerprint density at radius 1 is 0.511 bits per heavy atom. The first-order chi connectivity index (χ1) is 22.7. The van der Waals surface area contributed by atoms with Gasteiger partial charge in [0.2, 0.25) is 0 Å².